The van der Waals surface area contributed by atoms with Crippen molar-refractivity contribution in [2.75, 3.05) is 19.7 Å². The fourth-order valence-electron chi connectivity index (χ4n) is 4.11. The maximum atomic E-state index is 12.4. The van der Waals surface area contributed by atoms with Gasteiger partial charge in [-0.15, -0.1) is 0 Å². The van der Waals surface area contributed by atoms with Crippen molar-refractivity contribution in [2.45, 2.75) is 57.7 Å². The summed E-state index contributed by atoms with van der Waals surface area (Å²) in [6, 6.07) is 5.89. The van der Waals surface area contributed by atoms with E-state index < -0.39 is 0 Å². The molecule has 5 nitrogen and oxygen atoms in total. The largest absolute Gasteiger partial charge is 0.392 e. The smallest absolute Gasteiger partial charge is 0.222 e. The number of ether oxygens (including phenoxy) is 1. The minimum Gasteiger partial charge on any atom is -0.392 e. The zero-order chi connectivity index (χ0) is 17.0. The molecule has 1 aromatic heterocycles. The first-order valence-corrected chi connectivity index (χ1v) is 9.13. The van der Waals surface area contributed by atoms with E-state index in [1.54, 1.807) is 6.20 Å². The van der Waals surface area contributed by atoms with Crippen LogP contribution in [0.4, 0.5) is 0 Å². The number of hydrogen-bond acceptors (Lipinski definition) is 4. The minimum atomic E-state index is -0.268. The molecule has 1 saturated heterocycles. The molecule has 1 saturated carbocycles. The Balaban J connectivity index is 1.43. The second-order valence-corrected chi connectivity index (χ2v) is 6.98. The van der Waals surface area contributed by atoms with Crippen LogP contribution in [0.2, 0.25) is 0 Å². The number of likely N-dealkylation sites (tertiary alicyclic amines) is 1. The monoisotopic (exact) mass is 332 g/mol. The van der Waals surface area contributed by atoms with Crippen LogP contribution in [0, 0.1) is 5.41 Å². The third kappa shape index (κ3) is 3.47. The summed E-state index contributed by atoms with van der Waals surface area (Å²) >= 11 is 0. The van der Waals surface area contributed by atoms with E-state index in [0.717, 1.165) is 50.9 Å². The Kier molecular flexibility index (Phi) is 5.51. The van der Waals surface area contributed by atoms with E-state index in [2.05, 4.69) is 4.98 Å². The zero-order valence-electron chi connectivity index (χ0n) is 14.5. The van der Waals surface area contributed by atoms with Gasteiger partial charge in [-0.2, -0.15) is 0 Å². The highest BCUT2D eigenvalue weighted by molar-refractivity contribution is 5.76. The Morgan fingerprint density at radius 1 is 1.42 bits per heavy atom. The van der Waals surface area contributed by atoms with E-state index in [1.807, 2.05) is 30.0 Å². The highest BCUT2D eigenvalue weighted by Crippen LogP contribution is 2.50. The van der Waals surface area contributed by atoms with E-state index in [0.29, 0.717) is 13.0 Å². The summed E-state index contributed by atoms with van der Waals surface area (Å²) in [6.07, 6.45) is 6.38. The average Bonchev–Trinajstić information content (AvgIpc) is 2.62. The van der Waals surface area contributed by atoms with Crippen molar-refractivity contribution in [3.8, 4) is 0 Å². The number of aliphatic hydroxyl groups is 1. The van der Waals surface area contributed by atoms with Gasteiger partial charge >= 0.3 is 0 Å². The lowest BCUT2D eigenvalue weighted by Crippen LogP contribution is -2.62. The summed E-state index contributed by atoms with van der Waals surface area (Å²) in [7, 11) is 0. The molecule has 1 N–H and O–H groups in total. The number of aliphatic hydroxyl groups excluding tert-OH is 1. The van der Waals surface area contributed by atoms with Crippen molar-refractivity contribution in [3.05, 3.63) is 30.1 Å². The molecule has 0 bridgehead atoms. The second-order valence-electron chi connectivity index (χ2n) is 6.98. The van der Waals surface area contributed by atoms with Gasteiger partial charge in [0.25, 0.3) is 0 Å². The van der Waals surface area contributed by atoms with Gasteiger partial charge in [-0.1, -0.05) is 6.07 Å². The van der Waals surface area contributed by atoms with Gasteiger partial charge in [0.15, 0.2) is 0 Å². The SMILES string of the molecule is CCO[C@@H]1C[C@@H](O)C12CCN(C(=O)CCCc1ccccn1)CC2. The molecule has 1 aliphatic heterocycles. The van der Waals surface area contributed by atoms with Gasteiger partial charge in [-0.25, -0.2) is 0 Å². The molecule has 2 aliphatic rings. The van der Waals surface area contributed by atoms with Gasteiger partial charge in [0.2, 0.25) is 5.91 Å². The predicted octanol–water partition coefficient (Wildman–Crippen LogP) is 2.18. The van der Waals surface area contributed by atoms with Crippen LogP contribution in [-0.4, -0.2) is 52.8 Å². The molecule has 1 amide bonds. The zero-order valence-corrected chi connectivity index (χ0v) is 14.5. The number of rotatable bonds is 6. The average molecular weight is 332 g/mol. The van der Waals surface area contributed by atoms with Crippen molar-refractivity contribution < 1.29 is 14.6 Å². The quantitative estimate of drug-likeness (QED) is 0.867. The molecule has 0 radical (unpaired) electrons. The first-order chi connectivity index (χ1) is 11.7. The summed E-state index contributed by atoms with van der Waals surface area (Å²) in [6.45, 7) is 4.17. The fraction of sp³-hybridized carbons (Fsp3) is 0.684. The topological polar surface area (TPSA) is 62.7 Å². The molecular weight excluding hydrogens is 304 g/mol. The van der Waals surface area contributed by atoms with Crippen LogP contribution in [0.3, 0.4) is 0 Å². The Morgan fingerprint density at radius 3 is 2.83 bits per heavy atom. The number of amides is 1. The molecule has 5 heteroatoms. The van der Waals surface area contributed by atoms with Gasteiger partial charge in [0.05, 0.1) is 12.2 Å². The summed E-state index contributed by atoms with van der Waals surface area (Å²) in [5.74, 6) is 0.225. The highest BCUT2D eigenvalue weighted by Gasteiger charge is 2.56. The number of hydrogen-bond donors (Lipinski definition) is 1. The molecule has 1 aromatic rings. The summed E-state index contributed by atoms with van der Waals surface area (Å²) in [4.78, 5) is 18.7. The predicted molar refractivity (Wildman–Crippen MR) is 91.5 cm³/mol. The first kappa shape index (κ1) is 17.4. The van der Waals surface area contributed by atoms with Crippen LogP contribution in [0.1, 0.15) is 44.7 Å². The van der Waals surface area contributed by atoms with Crippen LogP contribution in [0.15, 0.2) is 24.4 Å². The summed E-state index contributed by atoms with van der Waals surface area (Å²) < 4.78 is 5.78. The van der Waals surface area contributed by atoms with Crippen LogP contribution >= 0.6 is 0 Å². The van der Waals surface area contributed by atoms with E-state index in [-0.39, 0.29) is 23.5 Å². The third-order valence-electron chi connectivity index (χ3n) is 5.71. The van der Waals surface area contributed by atoms with Crippen LogP contribution in [-0.2, 0) is 16.0 Å². The molecular formula is C19H28N2O3. The Hall–Kier alpha value is -1.46. The molecule has 1 aliphatic carbocycles. The molecule has 2 fully saturated rings. The Morgan fingerprint density at radius 2 is 2.21 bits per heavy atom. The van der Waals surface area contributed by atoms with Crippen molar-refractivity contribution in [1.82, 2.24) is 9.88 Å². The van der Waals surface area contributed by atoms with Gasteiger partial charge in [0.1, 0.15) is 0 Å². The van der Waals surface area contributed by atoms with Crippen molar-refractivity contribution in [2.24, 2.45) is 5.41 Å². The second kappa shape index (κ2) is 7.62. The van der Waals surface area contributed by atoms with Crippen LogP contribution in [0.5, 0.6) is 0 Å². The standard InChI is InChI=1S/C19H28N2O3/c1-2-24-17-14-16(22)19(17)9-12-21(13-10-19)18(23)8-5-7-15-6-3-4-11-20-15/h3-4,6,11,16-17,22H,2,5,7-10,12-14H2,1H3/t16-,17-/m1/s1. The van der Waals surface area contributed by atoms with Gasteiger partial charge in [-0.3, -0.25) is 9.78 Å². The number of nitrogens with zero attached hydrogens (tertiary/aromatic N) is 2. The highest BCUT2D eigenvalue weighted by atomic mass is 16.5. The minimum absolute atomic E-state index is 0.110. The lowest BCUT2D eigenvalue weighted by Gasteiger charge is -2.56. The fourth-order valence-corrected chi connectivity index (χ4v) is 4.11. The maximum Gasteiger partial charge on any atom is 0.222 e. The van der Waals surface area contributed by atoms with Gasteiger partial charge < -0.3 is 14.7 Å². The number of aryl methyl sites for hydroxylation is 1. The third-order valence-corrected chi connectivity index (χ3v) is 5.71. The molecule has 1 spiro atoms. The van der Waals surface area contributed by atoms with Crippen molar-refractivity contribution in [1.29, 1.82) is 0 Å². The molecule has 3 rings (SSSR count). The van der Waals surface area contributed by atoms with E-state index in [1.165, 1.54) is 0 Å². The maximum absolute atomic E-state index is 12.4. The lowest BCUT2D eigenvalue weighted by molar-refractivity contribution is -0.210. The van der Waals surface area contributed by atoms with E-state index in [4.69, 9.17) is 4.74 Å². The number of carbonyl (C=O) groups excluding carboxylic acids is 1. The number of piperidine rings is 1. The summed E-state index contributed by atoms with van der Waals surface area (Å²) in [5.41, 5.74) is 0.931. The van der Waals surface area contributed by atoms with Crippen molar-refractivity contribution >= 4 is 5.91 Å². The summed E-state index contributed by atoms with van der Waals surface area (Å²) in [5, 5.41) is 10.2. The number of carbonyl (C=O) groups is 1. The molecule has 2 atom stereocenters. The molecule has 0 unspecified atom stereocenters. The molecule has 132 valence electrons. The van der Waals surface area contributed by atoms with E-state index >= 15 is 0 Å². The van der Waals surface area contributed by atoms with Gasteiger partial charge in [0, 0.05) is 49.8 Å². The Bertz CT molecular complexity index is 539. The first-order valence-electron chi connectivity index (χ1n) is 9.13. The van der Waals surface area contributed by atoms with Crippen LogP contribution < -0.4 is 0 Å². The molecule has 24 heavy (non-hydrogen) atoms. The van der Waals surface area contributed by atoms with Crippen molar-refractivity contribution in [3.63, 3.8) is 0 Å². The van der Waals surface area contributed by atoms with Gasteiger partial charge in [-0.05, 0) is 44.7 Å². The number of pyridine rings is 1. The Labute approximate surface area is 144 Å². The van der Waals surface area contributed by atoms with Crippen LogP contribution in [0.25, 0.3) is 0 Å². The molecule has 2 heterocycles. The molecule has 0 aromatic carbocycles. The lowest BCUT2D eigenvalue weighted by atomic mass is 9.58. The normalized spacial score (nSPS) is 25.5. The van der Waals surface area contributed by atoms with E-state index in [9.17, 15) is 9.90 Å². The number of aromatic nitrogens is 1.